The second-order valence-electron chi connectivity index (χ2n) is 9.89. The predicted molar refractivity (Wildman–Crippen MR) is 122 cm³/mol. The first-order valence-electron chi connectivity index (χ1n) is 12.5. The van der Waals surface area contributed by atoms with Gasteiger partial charge in [-0.1, -0.05) is 13.8 Å². The van der Waals surface area contributed by atoms with E-state index in [0.29, 0.717) is 36.1 Å². The number of ether oxygens (including phenoxy) is 3. The molecule has 0 amide bonds. The molecule has 30 heavy (non-hydrogen) atoms. The van der Waals surface area contributed by atoms with E-state index in [0.717, 1.165) is 58.8 Å². The van der Waals surface area contributed by atoms with Gasteiger partial charge in [-0.05, 0) is 83.1 Å². The lowest BCUT2D eigenvalue weighted by Crippen LogP contribution is -2.46. The number of piperidine rings is 3. The van der Waals surface area contributed by atoms with E-state index in [2.05, 4.69) is 36.0 Å². The summed E-state index contributed by atoms with van der Waals surface area (Å²) >= 11 is 0. The molecule has 0 saturated carbocycles. The summed E-state index contributed by atoms with van der Waals surface area (Å²) in [6.07, 6.45) is 6.98. The van der Waals surface area contributed by atoms with Crippen molar-refractivity contribution in [2.75, 3.05) is 73.2 Å². The van der Waals surface area contributed by atoms with E-state index in [1.54, 1.807) is 0 Å². The van der Waals surface area contributed by atoms with Crippen LogP contribution in [0.1, 0.15) is 46.0 Å². The number of likely N-dealkylation sites (N-methyl/N-ethyl adjacent to an activating group) is 2. The average Bonchev–Trinajstić information content (AvgIpc) is 2.76. The zero-order chi connectivity index (χ0) is 21.3. The Morgan fingerprint density at radius 1 is 0.900 bits per heavy atom. The van der Waals surface area contributed by atoms with Gasteiger partial charge in [0.1, 0.15) is 0 Å². The van der Waals surface area contributed by atoms with E-state index in [-0.39, 0.29) is 0 Å². The minimum absolute atomic E-state index is 0.339. The van der Waals surface area contributed by atoms with Gasteiger partial charge < -0.3 is 29.3 Å². The second kappa shape index (κ2) is 12.7. The minimum Gasteiger partial charge on any atom is -0.380 e. The number of nitrogens with zero attached hydrogens (tertiary/aromatic N) is 2. The lowest BCUT2D eigenvalue weighted by Gasteiger charge is -2.39. The van der Waals surface area contributed by atoms with Gasteiger partial charge >= 0.3 is 0 Å². The monoisotopic (exact) mass is 425 g/mol. The van der Waals surface area contributed by atoms with Crippen LogP contribution in [0.4, 0.5) is 0 Å². The summed E-state index contributed by atoms with van der Waals surface area (Å²) in [5.74, 6) is 1.91. The van der Waals surface area contributed by atoms with Crippen molar-refractivity contribution in [2.24, 2.45) is 17.8 Å². The zero-order valence-electron chi connectivity index (χ0n) is 20.0. The summed E-state index contributed by atoms with van der Waals surface area (Å²) in [5.41, 5.74) is 0. The van der Waals surface area contributed by atoms with E-state index in [4.69, 9.17) is 14.2 Å². The highest BCUT2D eigenvalue weighted by atomic mass is 16.5. The van der Waals surface area contributed by atoms with Crippen molar-refractivity contribution in [3.05, 3.63) is 0 Å². The smallest absolute Gasteiger partial charge is 0.0731 e. The van der Waals surface area contributed by atoms with Gasteiger partial charge in [0.05, 0.1) is 18.3 Å². The minimum atomic E-state index is 0.339. The maximum absolute atomic E-state index is 6.50. The van der Waals surface area contributed by atoms with Crippen LogP contribution in [0.5, 0.6) is 0 Å². The van der Waals surface area contributed by atoms with E-state index in [1.807, 2.05) is 7.11 Å². The van der Waals surface area contributed by atoms with Crippen LogP contribution in [0.15, 0.2) is 0 Å². The van der Waals surface area contributed by atoms with Gasteiger partial charge in [-0.3, -0.25) is 0 Å². The van der Waals surface area contributed by atoms with Crippen LogP contribution in [-0.4, -0.2) is 101 Å². The lowest BCUT2D eigenvalue weighted by atomic mass is 9.89. The first kappa shape index (κ1) is 24.4. The molecule has 6 atom stereocenters. The molecule has 0 aromatic carbocycles. The molecule has 3 rings (SSSR count). The van der Waals surface area contributed by atoms with Crippen molar-refractivity contribution in [1.82, 2.24) is 15.1 Å². The van der Waals surface area contributed by atoms with E-state index < -0.39 is 0 Å². The fourth-order valence-electron chi connectivity index (χ4n) is 5.48. The summed E-state index contributed by atoms with van der Waals surface area (Å²) < 4.78 is 18.6. The van der Waals surface area contributed by atoms with Crippen molar-refractivity contribution < 1.29 is 14.2 Å². The fraction of sp³-hybridized carbons (Fsp3) is 1.00. The van der Waals surface area contributed by atoms with Crippen molar-refractivity contribution in [3.8, 4) is 0 Å². The highest BCUT2D eigenvalue weighted by Crippen LogP contribution is 2.27. The highest BCUT2D eigenvalue weighted by molar-refractivity contribution is 4.83. The fourth-order valence-corrected chi connectivity index (χ4v) is 5.48. The largest absolute Gasteiger partial charge is 0.380 e. The number of hydrogen-bond acceptors (Lipinski definition) is 6. The SMILES string of the molecule is CCN1CC[C@@H](CCO[C@H]2CN(C)CC[C@H]2CCO[C@H]2CNCCC2C)[C@@H](OC)C1. The number of rotatable bonds is 10. The van der Waals surface area contributed by atoms with Gasteiger partial charge in [0.2, 0.25) is 0 Å². The molecule has 1 N–H and O–H groups in total. The molecule has 176 valence electrons. The molecule has 0 aromatic heterocycles. The third-order valence-corrected chi connectivity index (χ3v) is 7.83. The number of hydrogen-bond donors (Lipinski definition) is 1. The molecule has 3 aliphatic rings. The standard InChI is InChI=1S/C24H47N3O3/c1-5-27-13-8-20(23(18-27)28-4)9-15-30-24-17-26(3)12-7-21(24)10-14-29-22-16-25-11-6-19(22)2/h19-25H,5-18H2,1-4H3/t19?,20-,21-,22-,23-,24-/m0/s1. The highest BCUT2D eigenvalue weighted by Gasteiger charge is 2.31. The van der Waals surface area contributed by atoms with Crippen LogP contribution in [0.25, 0.3) is 0 Å². The van der Waals surface area contributed by atoms with E-state index >= 15 is 0 Å². The van der Waals surface area contributed by atoms with Gasteiger partial charge in [0.25, 0.3) is 0 Å². The Hall–Kier alpha value is -0.240. The Bertz CT molecular complexity index is 481. The number of methoxy groups -OCH3 is 1. The van der Waals surface area contributed by atoms with Gasteiger partial charge in [0, 0.05) is 40.0 Å². The van der Waals surface area contributed by atoms with Crippen LogP contribution in [-0.2, 0) is 14.2 Å². The molecule has 0 aliphatic carbocycles. The number of nitrogens with one attached hydrogen (secondary N) is 1. The van der Waals surface area contributed by atoms with Crippen molar-refractivity contribution in [2.45, 2.75) is 64.3 Å². The molecule has 0 radical (unpaired) electrons. The van der Waals surface area contributed by atoms with Crippen LogP contribution in [0.3, 0.4) is 0 Å². The molecule has 3 fully saturated rings. The molecule has 3 saturated heterocycles. The molecule has 6 nitrogen and oxygen atoms in total. The Morgan fingerprint density at radius 3 is 2.30 bits per heavy atom. The Balaban J connectivity index is 1.40. The van der Waals surface area contributed by atoms with Crippen molar-refractivity contribution >= 4 is 0 Å². The van der Waals surface area contributed by atoms with Gasteiger partial charge in [-0.25, -0.2) is 0 Å². The third-order valence-electron chi connectivity index (χ3n) is 7.83. The summed E-state index contributed by atoms with van der Waals surface area (Å²) in [5, 5.41) is 3.47. The van der Waals surface area contributed by atoms with E-state index in [1.165, 1.54) is 32.4 Å². The molecule has 3 aliphatic heterocycles. The Morgan fingerprint density at radius 2 is 1.60 bits per heavy atom. The molecule has 6 heteroatoms. The third kappa shape index (κ3) is 7.14. The second-order valence-corrected chi connectivity index (χ2v) is 9.89. The molecule has 1 unspecified atom stereocenters. The normalized spacial score (nSPS) is 36.8. The Labute approximate surface area is 185 Å². The molecular weight excluding hydrogens is 378 g/mol. The first-order chi connectivity index (χ1) is 14.6. The van der Waals surface area contributed by atoms with Crippen LogP contribution < -0.4 is 5.32 Å². The molecule has 3 heterocycles. The maximum Gasteiger partial charge on any atom is 0.0731 e. The predicted octanol–water partition coefficient (Wildman–Crippen LogP) is 2.47. The molecule has 0 aromatic rings. The summed E-state index contributed by atoms with van der Waals surface area (Å²) in [4.78, 5) is 4.92. The molecule has 0 spiro atoms. The van der Waals surface area contributed by atoms with Crippen LogP contribution in [0.2, 0.25) is 0 Å². The van der Waals surface area contributed by atoms with Gasteiger partial charge in [-0.15, -0.1) is 0 Å². The van der Waals surface area contributed by atoms with Gasteiger partial charge in [0.15, 0.2) is 0 Å². The number of likely N-dealkylation sites (tertiary alicyclic amines) is 2. The average molecular weight is 426 g/mol. The Kier molecular flexibility index (Phi) is 10.3. The quantitative estimate of drug-likeness (QED) is 0.580. The summed E-state index contributed by atoms with van der Waals surface area (Å²) in [6.45, 7) is 14.0. The maximum atomic E-state index is 6.50. The zero-order valence-corrected chi connectivity index (χ0v) is 20.0. The molecule has 0 bridgehead atoms. The van der Waals surface area contributed by atoms with E-state index in [9.17, 15) is 0 Å². The lowest BCUT2D eigenvalue weighted by molar-refractivity contribution is -0.0672. The van der Waals surface area contributed by atoms with Crippen LogP contribution in [0, 0.1) is 17.8 Å². The van der Waals surface area contributed by atoms with Gasteiger partial charge in [-0.2, -0.15) is 0 Å². The summed E-state index contributed by atoms with van der Waals surface area (Å²) in [7, 11) is 4.09. The van der Waals surface area contributed by atoms with Crippen molar-refractivity contribution in [3.63, 3.8) is 0 Å². The molecular formula is C24H47N3O3. The topological polar surface area (TPSA) is 46.2 Å². The first-order valence-corrected chi connectivity index (χ1v) is 12.5. The van der Waals surface area contributed by atoms with Crippen molar-refractivity contribution in [1.29, 1.82) is 0 Å². The summed E-state index contributed by atoms with van der Waals surface area (Å²) in [6, 6.07) is 0. The van der Waals surface area contributed by atoms with Crippen LogP contribution >= 0.6 is 0 Å².